The number of aryl methyl sites for hydroxylation is 1. The molecule has 0 bridgehead atoms. The number of hydrogen-bond acceptors (Lipinski definition) is 6. The molecule has 4 nitrogen and oxygen atoms in total. The van der Waals surface area contributed by atoms with Crippen LogP contribution in [0.5, 0.6) is 0 Å². The lowest BCUT2D eigenvalue weighted by Crippen LogP contribution is -2.36. The van der Waals surface area contributed by atoms with Crippen LogP contribution in [0, 0.1) is 0 Å². The summed E-state index contributed by atoms with van der Waals surface area (Å²) in [5.74, 6) is 0. The predicted molar refractivity (Wildman–Crippen MR) is 153 cm³/mol. The number of thiazole rings is 2. The molecule has 0 radical (unpaired) electrons. The van der Waals surface area contributed by atoms with Crippen molar-refractivity contribution in [2.75, 3.05) is 11.9 Å². The van der Waals surface area contributed by atoms with Gasteiger partial charge in [-0.3, -0.25) is 9.36 Å². The van der Waals surface area contributed by atoms with E-state index in [0.717, 1.165) is 31.7 Å². The molecule has 198 valence electrons. The average molecular weight is 593 g/mol. The number of thioether (sulfide) groups is 2. The molecule has 0 amide bonds. The zero-order valence-corrected chi connectivity index (χ0v) is 24.2. The molecule has 4 aromatic rings. The van der Waals surface area contributed by atoms with E-state index in [4.69, 9.17) is 0 Å². The van der Waals surface area contributed by atoms with Crippen LogP contribution < -0.4 is 24.2 Å². The number of fused-ring (bicyclic) bond motifs is 1. The molecule has 0 atom stereocenters. The van der Waals surface area contributed by atoms with Crippen molar-refractivity contribution in [1.82, 2.24) is 4.57 Å². The average Bonchev–Trinajstić information content (AvgIpc) is 3.54. The van der Waals surface area contributed by atoms with Gasteiger partial charge in [0, 0.05) is 28.9 Å². The van der Waals surface area contributed by atoms with Crippen LogP contribution in [0.2, 0.25) is 0 Å². The number of hydrogen-bond donors (Lipinski definition) is 0. The summed E-state index contributed by atoms with van der Waals surface area (Å²) in [6.07, 6.45) is 4.78. The molecule has 38 heavy (non-hydrogen) atoms. The summed E-state index contributed by atoms with van der Waals surface area (Å²) in [5, 5.41) is 3.69. The Bertz CT molecular complexity index is 1670. The molecule has 3 heterocycles. The van der Waals surface area contributed by atoms with E-state index in [-0.39, 0.29) is 22.2 Å². The van der Waals surface area contributed by atoms with Crippen LogP contribution in [0.25, 0.3) is 11.1 Å². The minimum absolute atomic E-state index is 0.0309. The molecule has 0 N–H and O–H groups in total. The molecule has 0 fully saturated rings. The molecular formula is C27H25F3N3OS4+. The molecule has 0 unspecified atom stereocenters. The van der Waals surface area contributed by atoms with Crippen molar-refractivity contribution >= 4 is 63.0 Å². The standard InChI is InChI=1S/C27H25F3N3OS4/c1-4-17-10-11-19-21(14-17)36-26(31(19)3)24-25(34)33(5-2)23(37-24)15-22-32(12-13-35-22)16-18-8-6-7-9-20(18)38-27(28,29)30/h6-15H,4-5,16H2,1-3H3/q+1/b26-24+. The van der Waals surface area contributed by atoms with Crippen LogP contribution >= 0.6 is 46.2 Å². The van der Waals surface area contributed by atoms with Gasteiger partial charge in [-0.15, -0.1) is 11.3 Å². The van der Waals surface area contributed by atoms with Crippen LogP contribution in [0.15, 0.2) is 68.6 Å². The summed E-state index contributed by atoms with van der Waals surface area (Å²) < 4.78 is 44.4. The molecule has 0 spiro atoms. The Hall–Kier alpha value is -2.47. The van der Waals surface area contributed by atoms with Gasteiger partial charge in [0.1, 0.15) is 14.2 Å². The van der Waals surface area contributed by atoms with Gasteiger partial charge in [-0.2, -0.15) is 17.7 Å². The van der Waals surface area contributed by atoms with Crippen molar-refractivity contribution < 1.29 is 17.7 Å². The minimum Gasteiger partial charge on any atom is -0.337 e. The lowest BCUT2D eigenvalue weighted by Gasteiger charge is -2.12. The van der Waals surface area contributed by atoms with Gasteiger partial charge in [-0.1, -0.05) is 54.3 Å². The molecule has 5 rings (SSSR count). The highest BCUT2D eigenvalue weighted by Crippen LogP contribution is 2.45. The Morgan fingerprint density at radius 1 is 1.13 bits per heavy atom. The third kappa shape index (κ3) is 5.47. The topological polar surface area (TPSA) is 29.1 Å². The van der Waals surface area contributed by atoms with Crippen molar-refractivity contribution in [2.24, 2.45) is 0 Å². The summed E-state index contributed by atoms with van der Waals surface area (Å²) in [5.41, 5.74) is -1.44. The predicted octanol–water partition coefficient (Wildman–Crippen LogP) is 5.64. The van der Waals surface area contributed by atoms with Gasteiger partial charge >= 0.3 is 5.51 Å². The summed E-state index contributed by atoms with van der Waals surface area (Å²) in [7, 11) is 1.99. The zero-order valence-electron chi connectivity index (χ0n) is 20.9. The summed E-state index contributed by atoms with van der Waals surface area (Å²) in [6.45, 7) is 4.89. The summed E-state index contributed by atoms with van der Waals surface area (Å²) in [4.78, 5) is 16.9. The molecule has 0 aliphatic carbocycles. The number of nitrogens with zero attached hydrogens (tertiary/aromatic N) is 3. The molecule has 0 saturated heterocycles. The van der Waals surface area contributed by atoms with E-state index in [2.05, 4.69) is 30.0 Å². The molecule has 0 saturated carbocycles. The van der Waals surface area contributed by atoms with Crippen LogP contribution in [-0.4, -0.2) is 17.1 Å². The number of anilines is 1. The van der Waals surface area contributed by atoms with Gasteiger partial charge < -0.3 is 4.90 Å². The number of halogens is 3. The van der Waals surface area contributed by atoms with E-state index in [1.807, 2.05) is 36.2 Å². The number of rotatable bonds is 6. The summed E-state index contributed by atoms with van der Waals surface area (Å²) in [6, 6.07) is 13.0. The minimum atomic E-state index is -4.35. The first-order valence-electron chi connectivity index (χ1n) is 12.0. The van der Waals surface area contributed by atoms with Gasteiger partial charge in [-0.25, -0.2) is 0 Å². The number of benzene rings is 2. The first-order valence-corrected chi connectivity index (χ1v) is 15.3. The van der Waals surface area contributed by atoms with Gasteiger partial charge in [0.2, 0.25) is 0 Å². The highest BCUT2D eigenvalue weighted by atomic mass is 32.2. The largest absolute Gasteiger partial charge is 0.446 e. The van der Waals surface area contributed by atoms with E-state index in [0.29, 0.717) is 23.2 Å². The van der Waals surface area contributed by atoms with Crippen molar-refractivity contribution in [3.8, 4) is 0 Å². The second-order valence-electron chi connectivity index (χ2n) is 8.61. The van der Waals surface area contributed by atoms with Crippen molar-refractivity contribution in [2.45, 2.75) is 48.7 Å². The van der Waals surface area contributed by atoms with Gasteiger partial charge in [0.25, 0.3) is 10.6 Å². The first kappa shape index (κ1) is 27.1. The van der Waals surface area contributed by atoms with Crippen LogP contribution in [0.4, 0.5) is 18.9 Å². The van der Waals surface area contributed by atoms with E-state index in [1.165, 1.54) is 34.3 Å². The molecule has 11 heteroatoms. The monoisotopic (exact) mass is 592 g/mol. The summed E-state index contributed by atoms with van der Waals surface area (Å²) >= 11 is 4.47. The van der Waals surface area contributed by atoms with Crippen LogP contribution in [0.1, 0.15) is 30.0 Å². The maximum absolute atomic E-state index is 13.5. The van der Waals surface area contributed by atoms with Gasteiger partial charge in [0.15, 0.2) is 12.7 Å². The van der Waals surface area contributed by atoms with Crippen LogP contribution in [0.3, 0.4) is 0 Å². The highest BCUT2D eigenvalue weighted by molar-refractivity contribution is 8.08. The fraction of sp³-hybridized carbons (Fsp3) is 0.259. The lowest BCUT2D eigenvalue weighted by atomic mass is 10.1. The Kier molecular flexibility index (Phi) is 7.82. The Morgan fingerprint density at radius 3 is 2.66 bits per heavy atom. The van der Waals surface area contributed by atoms with Crippen molar-refractivity contribution in [1.29, 1.82) is 0 Å². The maximum Gasteiger partial charge on any atom is 0.446 e. The molecule has 1 aliphatic heterocycles. The van der Waals surface area contributed by atoms with Crippen LogP contribution in [-0.2, 0) is 19.5 Å². The third-order valence-electron chi connectivity index (χ3n) is 6.23. The Morgan fingerprint density at radius 2 is 1.92 bits per heavy atom. The maximum atomic E-state index is 13.5. The Labute approximate surface area is 234 Å². The van der Waals surface area contributed by atoms with Crippen molar-refractivity contribution in [3.63, 3.8) is 0 Å². The third-order valence-corrected chi connectivity index (χ3v) is 10.4. The Balaban J connectivity index is 1.55. The molecule has 2 aromatic heterocycles. The van der Waals surface area contributed by atoms with Crippen molar-refractivity contribution in [3.05, 3.63) is 89.7 Å². The SMILES string of the molecule is CCc1ccc2c(c1)S/C(=c1/s/c(=C\c3scc[n+]3Cc3ccccc3SC(F)(F)F)n(CC)c1=O)N2C. The molecule has 1 aliphatic rings. The van der Waals surface area contributed by atoms with E-state index in [1.54, 1.807) is 34.5 Å². The molecule has 2 aromatic carbocycles. The number of alkyl halides is 3. The highest BCUT2D eigenvalue weighted by Gasteiger charge is 2.31. The van der Waals surface area contributed by atoms with E-state index in [9.17, 15) is 18.0 Å². The first-order chi connectivity index (χ1) is 18.2. The second-order valence-corrected chi connectivity index (χ2v) is 12.7. The number of aromatic nitrogens is 2. The zero-order chi connectivity index (χ0) is 27.0. The normalized spacial score (nSPS) is 15.4. The smallest absolute Gasteiger partial charge is 0.337 e. The van der Waals surface area contributed by atoms with E-state index < -0.39 is 5.51 Å². The fourth-order valence-corrected chi connectivity index (χ4v) is 8.34. The second kappa shape index (κ2) is 11.0. The van der Waals surface area contributed by atoms with Gasteiger partial charge in [0.05, 0.1) is 17.1 Å². The fourth-order valence-electron chi connectivity index (χ4n) is 4.30. The lowest BCUT2D eigenvalue weighted by molar-refractivity contribution is -0.685. The van der Waals surface area contributed by atoms with Gasteiger partial charge in [-0.05, 0) is 48.9 Å². The van der Waals surface area contributed by atoms with E-state index >= 15 is 0 Å². The molecular weight excluding hydrogens is 568 g/mol. The quantitative estimate of drug-likeness (QED) is 0.214.